The van der Waals surface area contributed by atoms with E-state index in [0.29, 0.717) is 24.6 Å². The van der Waals surface area contributed by atoms with Crippen LogP contribution in [0.5, 0.6) is 0 Å². The summed E-state index contributed by atoms with van der Waals surface area (Å²) in [5.74, 6) is -0.880. The van der Waals surface area contributed by atoms with E-state index in [1.807, 2.05) is 18.0 Å². The molecule has 6 heteroatoms. The fraction of sp³-hybridized carbons (Fsp3) is 0.409. The van der Waals surface area contributed by atoms with Crippen LogP contribution in [0.25, 0.3) is 0 Å². The second-order valence-electron chi connectivity index (χ2n) is 7.90. The normalized spacial score (nSPS) is 24.6. The summed E-state index contributed by atoms with van der Waals surface area (Å²) in [6.45, 7) is 2.16. The van der Waals surface area contributed by atoms with Crippen LogP contribution < -0.4 is 0 Å². The number of halogens is 3. The molecule has 2 aromatic carbocycles. The highest BCUT2D eigenvalue weighted by molar-refractivity contribution is 5.77. The van der Waals surface area contributed by atoms with Gasteiger partial charge in [-0.2, -0.15) is 0 Å². The SMILES string of the molecule is CN1C[C@H]2CN(C(=O)CCc3ccc(F)cc3F)C[C@H]2[C@@H]1c1cccc(F)c1. The standard InChI is InChI=1S/C22H23F3N2O/c1-26-11-16-12-27(13-19(16)22(26)15-3-2-4-17(23)9-15)21(28)8-6-14-5-7-18(24)10-20(14)25/h2-5,7,9-10,16,19,22H,6,8,11-13H2,1H3/t16-,19+,22-/m0/s1. The van der Waals surface area contributed by atoms with Crippen molar-refractivity contribution in [1.82, 2.24) is 9.80 Å². The Morgan fingerprint density at radius 1 is 1.04 bits per heavy atom. The maximum atomic E-state index is 13.8. The van der Waals surface area contributed by atoms with Gasteiger partial charge in [-0.1, -0.05) is 18.2 Å². The molecule has 1 amide bonds. The topological polar surface area (TPSA) is 23.6 Å². The van der Waals surface area contributed by atoms with E-state index >= 15 is 0 Å². The minimum absolute atomic E-state index is 0.0150. The molecule has 2 fully saturated rings. The quantitative estimate of drug-likeness (QED) is 0.796. The van der Waals surface area contributed by atoms with Crippen LogP contribution in [0.2, 0.25) is 0 Å². The molecule has 3 nitrogen and oxygen atoms in total. The lowest BCUT2D eigenvalue weighted by Gasteiger charge is -2.27. The monoisotopic (exact) mass is 388 g/mol. The Morgan fingerprint density at radius 3 is 2.57 bits per heavy atom. The third-order valence-electron chi connectivity index (χ3n) is 6.06. The summed E-state index contributed by atoms with van der Waals surface area (Å²) in [6.07, 6.45) is 0.451. The second kappa shape index (κ2) is 7.59. The number of amides is 1. The number of hydrogen-bond donors (Lipinski definition) is 0. The Kier molecular flexibility index (Phi) is 5.15. The zero-order chi connectivity index (χ0) is 19.8. The molecular weight excluding hydrogens is 365 g/mol. The molecule has 3 atom stereocenters. The fourth-order valence-corrected chi connectivity index (χ4v) is 4.78. The van der Waals surface area contributed by atoms with Gasteiger partial charge in [0.15, 0.2) is 0 Å². The summed E-state index contributed by atoms with van der Waals surface area (Å²) < 4.78 is 40.5. The third kappa shape index (κ3) is 3.65. The van der Waals surface area contributed by atoms with Gasteiger partial charge in [0.2, 0.25) is 5.91 Å². The zero-order valence-corrected chi connectivity index (χ0v) is 15.7. The highest BCUT2D eigenvalue weighted by Gasteiger charge is 2.47. The van der Waals surface area contributed by atoms with Crippen molar-refractivity contribution in [3.05, 3.63) is 71.0 Å². The number of likely N-dealkylation sites (tertiary alicyclic amines) is 2. The van der Waals surface area contributed by atoms with Gasteiger partial charge in [-0.3, -0.25) is 9.69 Å². The van der Waals surface area contributed by atoms with Gasteiger partial charge in [-0.05, 0) is 48.7 Å². The molecule has 2 aromatic rings. The largest absolute Gasteiger partial charge is 0.342 e. The number of benzene rings is 2. The summed E-state index contributed by atoms with van der Waals surface area (Å²) in [6, 6.07) is 10.2. The summed E-state index contributed by atoms with van der Waals surface area (Å²) in [4.78, 5) is 16.7. The van der Waals surface area contributed by atoms with E-state index in [2.05, 4.69) is 4.90 Å². The van der Waals surface area contributed by atoms with Gasteiger partial charge in [-0.15, -0.1) is 0 Å². The molecule has 4 rings (SSSR count). The van der Waals surface area contributed by atoms with Crippen molar-refractivity contribution >= 4 is 5.91 Å². The van der Waals surface area contributed by atoms with Gasteiger partial charge in [0.1, 0.15) is 17.5 Å². The summed E-state index contributed by atoms with van der Waals surface area (Å²) in [5, 5.41) is 0. The molecule has 0 N–H and O–H groups in total. The van der Waals surface area contributed by atoms with E-state index in [-0.39, 0.29) is 36.5 Å². The Labute approximate surface area is 162 Å². The Hall–Kier alpha value is -2.34. The first-order valence-electron chi connectivity index (χ1n) is 9.60. The lowest BCUT2D eigenvalue weighted by Crippen LogP contribution is -2.33. The maximum absolute atomic E-state index is 13.8. The minimum Gasteiger partial charge on any atom is -0.342 e. The number of nitrogens with zero attached hydrogens (tertiary/aromatic N) is 2. The van der Waals surface area contributed by atoms with E-state index < -0.39 is 11.6 Å². The fourth-order valence-electron chi connectivity index (χ4n) is 4.78. The first-order chi connectivity index (χ1) is 13.4. The molecule has 148 valence electrons. The van der Waals surface area contributed by atoms with Crippen molar-refractivity contribution in [2.75, 3.05) is 26.7 Å². The van der Waals surface area contributed by atoms with E-state index in [0.717, 1.165) is 18.2 Å². The predicted molar refractivity (Wildman–Crippen MR) is 100 cm³/mol. The van der Waals surface area contributed by atoms with Gasteiger partial charge in [-0.25, -0.2) is 13.2 Å². The number of aryl methyl sites for hydroxylation is 1. The molecule has 0 aromatic heterocycles. The van der Waals surface area contributed by atoms with E-state index in [9.17, 15) is 18.0 Å². The lowest BCUT2D eigenvalue weighted by atomic mass is 9.89. The van der Waals surface area contributed by atoms with Crippen LogP contribution in [-0.2, 0) is 11.2 Å². The predicted octanol–water partition coefficient (Wildman–Crippen LogP) is 3.80. The number of hydrogen-bond acceptors (Lipinski definition) is 2. The average molecular weight is 388 g/mol. The van der Waals surface area contributed by atoms with E-state index in [1.54, 1.807) is 12.1 Å². The third-order valence-corrected chi connectivity index (χ3v) is 6.06. The summed E-state index contributed by atoms with van der Waals surface area (Å²) >= 11 is 0. The molecule has 2 aliphatic rings. The van der Waals surface area contributed by atoms with Gasteiger partial charge in [0, 0.05) is 44.1 Å². The number of carbonyl (C=O) groups excluding carboxylic acids is 1. The van der Waals surface area contributed by atoms with Gasteiger partial charge >= 0.3 is 0 Å². The molecule has 2 saturated heterocycles. The van der Waals surface area contributed by atoms with Crippen LogP contribution in [0.15, 0.2) is 42.5 Å². The molecule has 0 spiro atoms. The maximum Gasteiger partial charge on any atom is 0.222 e. The van der Waals surface area contributed by atoms with Crippen LogP contribution in [0.3, 0.4) is 0 Å². The zero-order valence-electron chi connectivity index (χ0n) is 15.7. The number of rotatable bonds is 4. The molecule has 28 heavy (non-hydrogen) atoms. The molecule has 2 heterocycles. The molecule has 0 radical (unpaired) electrons. The first kappa shape index (κ1) is 19.0. The molecule has 2 aliphatic heterocycles. The van der Waals surface area contributed by atoms with E-state index in [4.69, 9.17) is 0 Å². The van der Waals surface area contributed by atoms with Crippen molar-refractivity contribution in [2.45, 2.75) is 18.9 Å². The van der Waals surface area contributed by atoms with Crippen LogP contribution in [0.4, 0.5) is 13.2 Å². The molecule has 0 unspecified atom stereocenters. The van der Waals surface area contributed by atoms with Crippen molar-refractivity contribution < 1.29 is 18.0 Å². The second-order valence-corrected chi connectivity index (χ2v) is 7.90. The van der Waals surface area contributed by atoms with Crippen molar-refractivity contribution in [2.24, 2.45) is 11.8 Å². The smallest absolute Gasteiger partial charge is 0.222 e. The van der Waals surface area contributed by atoms with Crippen molar-refractivity contribution in [3.8, 4) is 0 Å². The summed E-state index contributed by atoms with van der Waals surface area (Å²) in [7, 11) is 2.04. The number of carbonyl (C=O) groups is 1. The summed E-state index contributed by atoms with van der Waals surface area (Å²) in [5.41, 5.74) is 1.30. The van der Waals surface area contributed by atoms with Gasteiger partial charge in [0.05, 0.1) is 0 Å². The molecule has 0 aliphatic carbocycles. The van der Waals surface area contributed by atoms with Crippen LogP contribution in [-0.4, -0.2) is 42.4 Å². The number of fused-ring (bicyclic) bond motifs is 1. The van der Waals surface area contributed by atoms with Crippen molar-refractivity contribution in [1.29, 1.82) is 0 Å². The highest BCUT2D eigenvalue weighted by Crippen LogP contribution is 2.44. The van der Waals surface area contributed by atoms with E-state index in [1.165, 1.54) is 18.2 Å². The Balaban J connectivity index is 1.41. The van der Waals surface area contributed by atoms with Crippen LogP contribution >= 0.6 is 0 Å². The first-order valence-corrected chi connectivity index (χ1v) is 9.60. The molecular formula is C22H23F3N2O. The van der Waals surface area contributed by atoms with Gasteiger partial charge < -0.3 is 4.90 Å². The van der Waals surface area contributed by atoms with Gasteiger partial charge in [0.25, 0.3) is 0 Å². The van der Waals surface area contributed by atoms with Crippen molar-refractivity contribution in [3.63, 3.8) is 0 Å². The van der Waals surface area contributed by atoms with Crippen LogP contribution in [0, 0.1) is 29.3 Å². The Bertz CT molecular complexity index is 888. The average Bonchev–Trinajstić information content (AvgIpc) is 3.17. The lowest BCUT2D eigenvalue weighted by molar-refractivity contribution is -0.130. The Morgan fingerprint density at radius 2 is 1.82 bits per heavy atom. The highest BCUT2D eigenvalue weighted by atomic mass is 19.1. The molecule has 0 bridgehead atoms. The molecule has 0 saturated carbocycles. The minimum atomic E-state index is -0.618. The van der Waals surface area contributed by atoms with Crippen LogP contribution in [0.1, 0.15) is 23.6 Å².